The Balaban J connectivity index is 2.00. The molecule has 2 aromatic carbocycles. The fraction of sp³-hybridized carbons (Fsp3) is 0.235. The standard InChI is InChI=1S/C17H16O3S2/c1-20-13-5-2-11(3-6-13)14-7-4-12(10-15(14)16(18)19)17-21-8-9-22-17/h2-7,10,17H,8-9H2,1H3,(H,18,19). The van der Waals surface area contributed by atoms with E-state index in [9.17, 15) is 9.90 Å². The predicted molar refractivity (Wildman–Crippen MR) is 93.0 cm³/mol. The Morgan fingerprint density at radius 1 is 1.14 bits per heavy atom. The lowest BCUT2D eigenvalue weighted by Gasteiger charge is -2.13. The maximum atomic E-state index is 11.6. The largest absolute Gasteiger partial charge is 0.497 e. The van der Waals surface area contributed by atoms with Crippen LogP contribution in [0.4, 0.5) is 0 Å². The topological polar surface area (TPSA) is 46.5 Å². The number of hydrogen-bond acceptors (Lipinski definition) is 4. The van der Waals surface area contributed by atoms with Gasteiger partial charge in [0.15, 0.2) is 0 Å². The highest BCUT2D eigenvalue weighted by Crippen LogP contribution is 2.46. The normalized spacial score (nSPS) is 15.0. The van der Waals surface area contributed by atoms with Crippen molar-refractivity contribution in [1.29, 1.82) is 0 Å². The molecule has 1 aliphatic rings. The maximum absolute atomic E-state index is 11.6. The van der Waals surface area contributed by atoms with Crippen LogP contribution in [0.2, 0.25) is 0 Å². The molecule has 5 heteroatoms. The summed E-state index contributed by atoms with van der Waals surface area (Å²) in [6, 6.07) is 13.2. The Labute approximate surface area is 138 Å². The first kappa shape index (κ1) is 15.3. The summed E-state index contributed by atoms with van der Waals surface area (Å²) in [5.74, 6) is 2.12. The minimum absolute atomic E-state index is 0.350. The van der Waals surface area contributed by atoms with Crippen molar-refractivity contribution in [3.63, 3.8) is 0 Å². The van der Waals surface area contributed by atoms with Crippen LogP contribution >= 0.6 is 23.5 Å². The van der Waals surface area contributed by atoms with E-state index >= 15 is 0 Å². The monoisotopic (exact) mass is 332 g/mol. The third-order valence-electron chi connectivity index (χ3n) is 3.57. The van der Waals surface area contributed by atoms with Gasteiger partial charge in [-0.1, -0.05) is 24.3 Å². The summed E-state index contributed by atoms with van der Waals surface area (Å²) < 4.78 is 5.50. The van der Waals surface area contributed by atoms with Gasteiger partial charge in [0, 0.05) is 11.5 Å². The Bertz CT molecular complexity index is 677. The molecule has 0 unspecified atom stereocenters. The van der Waals surface area contributed by atoms with E-state index in [-0.39, 0.29) is 0 Å². The van der Waals surface area contributed by atoms with Gasteiger partial charge in [-0.2, -0.15) is 0 Å². The molecule has 1 aliphatic heterocycles. The van der Waals surface area contributed by atoms with Gasteiger partial charge in [-0.05, 0) is 34.9 Å². The van der Waals surface area contributed by atoms with Crippen LogP contribution in [0.3, 0.4) is 0 Å². The Morgan fingerprint density at radius 3 is 2.41 bits per heavy atom. The maximum Gasteiger partial charge on any atom is 0.336 e. The molecule has 1 fully saturated rings. The van der Waals surface area contributed by atoms with Gasteiger partial charge in [-0.25, -0.2) is 4.79 Å². The van der Waals surface area contributed by atoms with Crippen molar-refractivity contribution in [2.45, 2.75) is 4.58 Å². The highest BCUT2D eigenvalue weighted by Gasteiger charge is 2.21. The molecule has 0 radical (unpaired) electrons. The number of methoxy groups -OCH3 is 1. The summed E-state index contributed by atoms with van der Waals surface area (Å²) in [6.45, 7) is 0. The lowest BCUT2D eigenvalue weighted by Crippen LogP contribution is -2.01. The molecule has 0 atom stereocenters. The number of benzene rings is 2. The molecule has 22 heavy (non-hydrogen) atoms. The van der Waals surface area contributed by atoms with Crippen LogP contribution in [0.15, 0.2) is 42.5 Å². The third-order valence-corrected chi connectivity index (χ3v) is 6.67. The van der Waals surface area contributed by atoms with Gasteiger partial charge in [0.05, 0.1) is 17.3 Å². The summed E-state index contributed by atoms with van der Waals surface area (Å²) in [7, 11) is 1.61. The molecule has 0 amide bonds. The Kier molecular flexibility index (Phi) is 4.64. The number of rotatable bonds is 4. The minimum Gasteiger partial charge on any atom is -0.497 e. The molecule has 0 aliphatic carbocycles. The van der Waals surface area contributed by atoms with E-state index in [4.69, 9.17) is 4.74 Å². The van der Waals surface area contributed by atoms with Gasteiger partial charge >= 0.3 is 5.97 Å². The molecule has 3 nitrogen and oxygen atoms in total. The van der Waals surface area contributed by atoms with Crippen molar-refractivity contribution in [1.82, 2.24) is 0 Å². The molecule has 2 aromatic rings. The first-order valence-corrected chi connectivity index (χ1v) is 9.03. The summed E-state index contributed by atoms with van der Waals surface area (Å²) in [6.07, 6.45) is 0. The second-order valence-electron chi connectivity index (χ2n) is 4.91. The van der Waals surface area contributed by atoms with Crippen molar-refractivity contribution in [3.8, 4) is 16.9 Å². The third kappa shape index (κ3) is 3.10. The summed E-state index contributed by atoms with van der Waals surface area (Å²) in [5.41, 5.74) is 3.07. The van der Waals surface area contributed by atoms with Gasteiger partial charge in [0.25, 0.3) is 0 Å². The van der Waals surface area contributed by atoms with Gasteiger partial charge < -0.3 is 9.84 Å². The predicted octanol–water partition coefficient (Wildman–Crippen LogP) is 4.54. The number of ether oxygens (including phenoxy) is 1. The number of thioether (sulfide) groups is 2. The highest BCUT2D eigenvalue weighted by atomic mass is 32.2. The number of hydrogen-bond donors (Lipinski definition) is 1. The minimum atomic E-state index is -0.888. The van der Waals surface area contributed by atoms with Crippen LogP contribution in [-0.2, 0) is 0 Å². The van der Waals surface area contributed by atoms with E-state index in [0.29, 0.717) is 10.1 Å². The molecule has 0 bridgehead atoms. The van der Waals surface area contributed by atoms with E-state index in [1.54, 1.807) is 7.11 Å². The zero-order chi connectivity index (χ0) is 15.5. The van der Waals surface area contributed by atoms with Gasteiger partial charge in [-0.3, -0.25) is 0 Å². The lowest BCUT2D eigenvalue weighted by molar-refractivity contribution is 0.0697. The van der Waals surface area contributed by atoms with E-state index in [2.05, 4.69) is 0 Å². The molecule has 1 N–H and O–H groups in total. The fourth-order valence-electron chi connectivity index (χ4n) is 2.46. The molecule has 1 saturated heterocycles. The second-order valence-corrected chi connectivity index (χ2v) is 7.64. The number of aromatic carboxylic acids is 1. The molecule has 0 aromatic heterocycles. The highest BCUT2D eigenvalue weighted by molar-refractivity contribution is 8.19. The van der Waals surface area contributed by atoms with Crippen molar-refractivity contribution < 1.29 is 14.6 Å². The van der Waals surface area contributed by atoms with Crippen molar-refractivity contribution in [3.05, 3.63) is 53.6 Å². The fourth-order valence-corrected chi connectivity index (χ4v) is 5.30. The molecule has 3 rings (SSSR count). The Morgan fingerprint density at radius 2 is 1.82 bits per heavy atom. The van der Waals surface area contributed by atoms with Crippen molar-refractivity contribution in [2.75, 3.05) is 18.6 Å². The van der Waals surface area contributed by atoms with Gasteiger partial charge in [0.1, 0.15) is 5.75 Å². The first-order chi connectivity index (χ1) is 10.7. The van der Waals surface area contributed by atoms with E-state index in [1.807, 2.05) is 66.0 Å². The average Bonchev–Trinajstić information content (AvgIpc) is 3.09. The molecular formula is C17H16O3S2. The molecule has 0 spiro atoms. The smallest absolute Gasteiger partial charge is 0.336 e. The van der Waals surface area contributed by atoms with E-state index in [0.717, 1.165) is 33.9 Å². The number of carboxylic acids is 1. The van der Waals surface area contributed by atoms with Crippen LogP contribution in [0.25, 0.3) is 11.1 Å². The SMILES string of the molecule is COc1ccc(-c2ccc(C3SCCS3)cc2C(=O)O)cc1. The zero-order valence-electron chi connectivity index (χ0n) is 12.1. The van der Waals surface area contributed by atoms with E-state index < -0.39 is 5.97 Å². The van der Waals surface area contributed by atoms with Crippen molar-refractivity contribution in [2.24, 2.45) is 0 Å². The van der Waals surface area contributed by atoms with Crippen LogP contribution in [0.5, 0.6) is 5.75 Å². The van der Waals surface area contributed by atoms with Crippen LogP contribution < -0.4 is 4.74 Å². The molecule has 114 valence electrons. The zero-order valence-corrected chi connectivity index (χ0v) is 13.7. The Hall–Kier alpha value is -1.59. The van der Waals surface area contributed by atoms with Crippen molar-refractivity contribution >= 4 is 29.5 Å². The average molecular weight is 332 g/mol. The molecule has 1 heterocycles. The molecule has 0 saturated carbocycles. The van der Waals surface area contributed by atoms with Crippen LogP contribution in [0, 0.1) is 0 Å². The summed E-state index contributed by atoms with van der Waals surface area (Å²) in [5, 5.41) is 9.56. The number of carboxylic acid groups (broad SMARTS) is 1. The quantitative estimate of drug-likeness (QED) is 0.890. The van der Waals surface area contributed by atoms with Crippen LogP contribution in [0.1, 0.15) is 20.5 Å². The molecular weight excluding hydrogens is 316 g/mol. The van der Waals surface area contributed by atoms with Gasteiger partial charge in [-0.15, -0.1) is 23.5 Å². The van der Waals surface area contributed by atoms with Gasteiger partial charge in [0.2, 0.25) is 0 Å². The number of carbonyl (C=O) groups is 1. The second kappa shape index (κ2) is 6.67. The summed E-state index contributed by atoms with van der Waals surface area (Å²) >= 11 is 3.75. The first-order valence-electron chi connectivity index (χ1n) is 6.94. The van der Waals surface area contributed by atoms with E-state index in [1.165, 1.54) is 0 Å². The summed E-state index contributed by atoms with van der Waals surface area (Å²) in [4.78, 5) is 11.6. The van der Waals surface area contributed by atoms with Crippen LogP contribution in [-0.4, -0.2) is 29.7 Å². The lowest BCUT2D eigenvalue weighted by atomic mass is 9.98.